The summed E-state index contributed by atoms with van der Waals surface area (Å²) >= 11 is 0. The Morgan fingerprint density at radius 3 is 2.72 bits per heavy atom. The number of nitro groups is 1. The van der Waals surface area contributed by atoms with Crippen LogP contribution < -0.4 is 5.43 Å². The van der Waals surface area contributed by atoms with Gasteiger partial charge in [-0.25, -0.2) is 5.43 Å². The van der Waals surface area contributed by atoms with Crippen molar-refractivity contribution in [3.05, 3.63) is 87.1 Å². The fourth-order valence-corrected chi connectivity index (χ4v) is 2.63. The number of aromatic nitrogens is 2. The molecule has 0 aliphatic heterocycles. The van der Waals surface area contributed by atoms with Gasteiger partial charge in [-0.3, -0.25) is 20.0 Å². The molecule has 0 fully saturated rings. The number of nitrogens with one attached hydrogen (secondary N) is 2. The molecule has 146 valence electrons. The second kappa shape index (κ2) is 8.75. The van der Waals surface area contributed by atoms with E-state index >= 15 is 0 Å². The minimum absolute atomic E-state index is 0.00230. The lowest BCUT2D eigenvalue weighted by Crippen LogP contribution is -2.17. The highest BCUT2D eigenvalue weighted by Crippen LogP contribution is 2.21. The number of hydrogen-bond donors (Lipinski definition) is 2. The number of H-pyrrole nitrogens is 1. The van der Waals surface area contributed by atoms with Crippen molar-refractivity contribution < 1.29 is 9.72 Å². The Balaban J connectivity index is 1.62. The molecule has 0 saturated carbocycles. The summed E-state index contributed by atoms with van der Waals surface area (Å²) in [5, 5.41) is 21.7. The lowest BCUT2D eigenvalue weighted by molar-refractivity contribution is -0.385. The molecule has 0 spiro atoms. The molecule has 3 rings (SSSR count). The van der Waals surface area contributed by atoms with Crippen molar-refractivity contribution >= 4 is 23.9 Å². The van der Waals surface area contributed by atoms with Gasteiger partial charge in [-0.1, -0.05) is 24.3 Å². The molecule has 0 saturated heterocycles. The molecular formula is C21H19N5O3. The van der Waals surface area contributed by atoms with Gasteiger partial charge in [0.1, 0.15) is 5.69 Å². The van der Waals surface area contributed by atoms with Gasteiger partial charge in [-0.2, -0.15) is 10.2 Å². The molecule has 1 amide bonds. The number of para-hydroxylation sites is 1. The highest BCUT2D eigenvalue weighted by Gasteiger charge is 2.11. The summed E-state index contributed by atoms with van der Waals surface area (Å²) in [6.45, 7) is 4.05. The Morgan fingerprint density at radius 2 is 1.97 bits per heavy atom. The molecule has 1 heterocycles. The molecule has 8 heteroatoms. The minimum Gasteiger partial charge on any atom is -0.272 e. The van der Waals surface area contributed by atoms with Crippen molar-refractivity contribution in [3.8, 4) is 11.3 Å². The first kappa shape index (κ1) is 19.7. The van der Waals surface area contributed by atoms with Crippen LogP contribution in [0, 0.1) is 24.0 Å². The van der Waals surface area contributed by atoms with Gasteiger partial charge in [-0.15, -0.1) is 0 Å². The molecule has 0 unspecified atom stereocenters. The summed E-state index contributed by atoms with van der Waals surface area (Å²) in [5.74, 6) is -0.442. The maximum atomic E-state index is 12.2. The van der Waals surface area contributed by atoms with Crippen molar-refractivity contribution in [2.45, 2.75) is 13.8 Å². The molecule has 0 atom stereocenters. The number of allylic oxidation sites excluding steroid dienone is 1. The van der Waals surface area contributed by atoms with E-state index in [1.165, 1.54) is 23.9 Å². The number of nitro benzene ring substituents is 1. The van der Waals surface area contributed by atoms with Gasteiger partial charge in [0.15, 0.2) is 0 Å². The number of aryl methyl sites for hydroxylation is 2. The van der Waals surface area contributed by atoms with E-state index in [0.29, 0.717) is 11.3 Å². The molecule has 1 aromatic heterocycles. The number of carbonyl (C=O) groups excluding carboxylic acids is 1. The van der Waals surface area contributed by atoms with Gasteiger partial charge in [-0.05, 0) is 55.3 Å². The van der Waals surface area contributed by atoms with Crippen LogP contribution in [-0.2, 0) is 0 Å². The van der Waals surface area contributed by atoms with Crippen molar-refractivity contribution in [1.29, 1.82) is 0 Å². The summed E-state index contributed by atoms with van der Waals surface area (Å²) in [4.78, 5) is 22.7. The van der Waals surface area contributed by atoms with Crippen molar-refractivity contribution in [3.63, 3.8) is 0 Å². The van der Waals surface area contributed by atoms with E-state index in [1.54, 1.807) is 30.3 Å². The standard InChI is InChI=1S/C21H19N5O3/c1-14-9-10-17(12-15(14)2)18-13-19(24-23-18)21(27)25-22-11-5-7-16-6-3-4-8-20(16)26(28)29/h3-13H,1-2H3,(H,23,24)(H,25,27)/b7-5+,22-11-. The van der Waals surface area contributed by atoms with Crippen molar-refractivity contribution in [2.75, 3.05) is 0 Å². The maximum Gasteiger partial charge on any atom is 0.289 e. The monoisotopic (exact) mass is 389 g/mol. The third-order valence-corrected chi connectivity index (χ3v) is 4.36. The Labute approximate surface area is 167 Å². The molecule has 3 aromatic rings. The predicted octanol–water partition coefficient (Wildman–Crippen LogP) is 4.03. The number of rotatable bonds is 6. The zero-order valence-corrected chi connectivity index (χ0v) is 15.9. The summed E-state index contributed by atoms with van der Waals surface area (Å²) in [6, 6.07) is 14.0. The number of benzene rings is 2. The normalized spacial score (nSPS) is 11.2. The first-order valence-corrected chi connectivity index (χ1v) is 8.82. The second-order valence-electron chi connectivity index (χ2n) is 6.36. The minimum atomic E-state index is -0.454. The van der Waals surface area contributed by atoms with Crippen LogP contribution in [-0.4, -0.2) is 27.2 Å². The number of nitrogens with zero attached hydrogens (tertiary/aromatic N) is 3. The fraction of sp³-hybridized carbons (Fsp3) is 0.0952. The van der Waals surface area contributed by atoms with E-state index in [-0.39, 0.29) is 11.4 Å². The molecule has 29 heavy (non-hydrogen) atoms. The first-order chi connectivity index (χ1) is 14.0. The lowest BCUT2D eigenvalue weighted by Gasteiger charge is -2.01. The van der Waals surface area contributed by atoms with Gasteiger partial charge < -0.3 is 0 Å². The number of hydrazone groups is 1. The second-order valence-corrected chi connectivity index (χ2v) is 6.36. The van der Waals surface area contributed by atoms with Crippen LogP contribution in [0.3, 0.4) is 0 Å². The van der Waals surface area contributed by atoms with E-state index in [4.69, 9.17) is 0 Å². The van der Waals surface area contributed by atoms with Crippen LogP contribution >= 0.6 is 0 Å². The molecule has 8 nitrogen and oxygen atoms in total. The van der Waals surface area contributed by atoms with E-state index in [2.05, 4.69) is 20.7 Å². The highest BCUT2D eigenvalue weighted by atomic mass is 16.6. The summed E-state index contributed by atoms with van der Waals surface area (Å²) in [6.07, 6.45) is 4.40. The average molecular weight is 389 g/mol. The van der Waals surface area contributed by atoms with Crippen LogP contribution in [0.25, 0.3) is 17.3 Å². The average Bonchev–Trinajstić information content (AvgIpc) is 3.20. The fourth-order valence-electron chi connectivity index (χ4n) is 2.63. The largest absolute Gasteiger partial charge is 0.289 e. The molecule has 2 aromatic carbocycles. The number of hydrogen-bond acceptors (Lipinski definition) is 5. The SMILES string of the molecule is Cc1ccc(-c2cc(C(=O)N/N=C\C=C\c3ccccc3[N+](=O)[O-])[nH]n2)cc1C. The zero-order valence-electron chi connectivity index (χ0n) is 15.9. The predicted molar refractivity (Wildman–Crippen MR) is 112 cm³/mol. The van der Waals surface area contributed by atoms with Crippen LogP contribution in [0.5, 0.6) is 0 Å². The molecule has 0 radical (unpaired) electrons. The van der Waals surface area contributed by atoms with Gasteiger partial charge in [0.05, 0.1) is 16.2 Å². The summed E-state index contributed by atoms with van der Waals surface area (Å²) in [7, 11) is 0. The smallest absolute Gasteiger partial charge is 0.272 e. The Hall–Kier alpha value is -4.07. The van der Waals surface area contributed by atoms with Crippen LogP contribution in [0.15, 0.2) is 59.7 Å². The van der Waals surface area contributed by atoms with Gasteiger partial charge in [0, 0.05) is 17.8 Å². The number of amides is 1. The topological polar surface area (TPSA) is 113 Å². The quantitative estimate of drug-likeness (QED) is 0.376. The van der Waals surface area contributed by atoms with Crippen LogP contribution in [0.1, 0.15) is 27.2 Å². The molecule has 2 N–H and O–H groups in total. The van der Waals surface area contributed by atoms with E-state index in [1.807, 2.05) is 32.0 Å². The van der Waals surface area contributed by atoms with E-state index < -0.39 is 10.8 Å². The third kappa shape index (κ3) is 4.81. The van der Waals surface area contributed by atoms with E-state index in [0.717, 1.165) is 11.1 Å². The molecule has 0 aliphatic carbocycles. The van der Waals surface area contributed by atoms with Crippen molar-refractivity contribution in [2.24, 2.45) is 5.10 Å². The molecular weight excluding hydrogens is 370 g/mol. The molecule has 0 bridgehead atoms. The first-order valence-electron chi connectivity index (χ1n) is 8.82. The Morgan fingerprint density at radius 1 is 1.17 bits per heavy atom. The third-order valence-electron chi connectivity index (χ3n) is 4.36. The Bertz CT molecular complexity index is 1120. The van der Waals surface area contributed by atoms with Crippen LogP contribution in [0.4, 0.5) is 5.69 Å². The maximum absolute atomic E-state index is 12.2. The highest BCUT2D eigenvalue weighted by molar-refractivity contribution is 5.94. The molecule has 0 aliphatic rings. The zero-order chi connectivity index (χ0) is 20.8. The summed E-state index contributed by atoms with van der Waals surface area (Å²) < 4.78 is 0. The Kier molecular flexibility index (Phi) is 5.94. The van der Waals surface area contributed by atoms with Crippen molar-refractivity contribution in [1.82, 2.24) is 15.6 Å². The number of carbonyl (C=O) groups is 1. The van der Waals surface area contributed by atoms with Gasteiger partial charge in [0.2, 0.25) is 0 Å². The van der Waals surface area contributed by atoms with Gasteiger partial charge in [0.25, 0.3) is 11.6 Å². The van der Waals surface area contributed by atoms with Gasteiger partial charge >= 0.3 is 0 Å². The van der Waals surface area contributed by atoms with E-state index in [9.17, 15) is 14.9 Å². The lowest BCUT2D eigenvalue weighted by atomic mass is 10.0. The number of aromatic amines is 1. The van der Waals surface area contributed by atoms with Crippen LogP contribution in [0.2, 0.25) is 0 Å². The summed E-state index contributed by atoms with van der Waals surface area (Å²) in [5.41, 5.74) is 7.01.